The third-order valence-electron chi connectivity index (χ3n) is 4.03. The Labute approximate surface area is 157 Å². The van der Waals surface area contributed by atoms with Gasteiger partial charge >= 0.3 is 5.97 Å². The summed E-state index contributed by atoms with van der Waals surface area (Å²) in [4.78, 5) is 23.5. The Bertz CT molecular complexity index is 788. The summed E-state index contributed by atoms with van der Waals surface area (Å²) in [6.45, 7) is 0. The molecule has 0 aliphatic heterocycles. The number of aliphatic hydroxyl groups excluding tert-OH is 1. The largest absolute Gasteiger partial charge is 0.497 e. The molecule has 1 unspecified atom stereocenters. The molecule has 1 atom stereocenters. The maximum absolute atomic E-state index is 12.1. The summed E-state index contributed by atoms with van der Waals surface area (Å²) in [5, 5.41) is 13.1. The van der Waals surface area contributed by atoms with Crippen molar-refractivity contribution < 1.29 is 28.9 Å². The molecule has 2 rings (SSSR count). The number of hydrogen-bond acceptors (Lipinski definition) is 6. The Balaban J connectivity index is 1.92. The van der Waals surface area contributed by atoms with Crippen LogP contribution in [0.25, 0.3) is 0 Å². The lowest BCUT2D eigenvalue weighted by Crippen LogP contribution is -2.13. The number of hydrogen-bond donors (Lipinski definition) is 2. The summed E-state index contributed by atoms with van der Waals surface area (Å²) >= 11 is 0. The molecule has 0 fully saturated rings. The molecule has 2 aromatic rings. The van der Waals surface area contributed by atoms with E-state index < -0.39 is 12.1 Å². The van der Waals surface area contributed by atoms with E-state index in [2.05, 4.69) is 10.1 Å². The number of nitrogens with one attached hydrogen (secondary N) is 1. The molecule has 0 radical (unpaired) electrons. The number of amides is 1. The molecule has 1 amide bonds. The molecule has 0 bridgehead atoms. The lowest BCUT2D eigenvalue weighted by atomic mass is 10.0. The van der Waals surface area contributed by atoms with Gasteiger partial charge in [0, 0.05) is 23.7 Å². The zero-order valence-electron chi connectivity index (χ0n) is 15.5. The van der Waals surface area contributed by atoms with Crippen LogP contribution in [0, 0.1) is 0 Å². The first-order valence-corrected chi connectivity index (χ1v) is 8.36. The molecule has 0 aliphatic carbocycles. The van der Waals surface area contributed by atoms with Crippen molar-refractivity contribution in [2.75, 3.05) is 26.6 Å². The molecule has 0 saturated carbocycles. The highest BCUT2D eigenvalue weighted by Gasteiger charge is 2.16. The number of carbonyl (C=O) groups excluding carboxylic acids is 2. The van der Waals surface area contributed by atoms with Gasteiger partial charge in [-0.1, -0.05) is 0 Å². The Morgan fingerprint density at radius 1 is 1.04 bits per heavy atom. The second kappa shape index (κ2) is 9.59. The van der Waals surface area contributed by atoms with E-state index in [9.17, 15) is 14.7 Å². The predicted octanol–water partition coefficient (Wildman–Crippen LogP) is 2.94. The fourth-order valence-corrected chi connectivity index (χ4v) is 2.55. The summed E-state index contributed by atoms with van der Waals surface area (Å²) in [6.07, 6.45) is -0.498. The van der Waals surface area contributed by atoms with Gasteiger partial charge in [-0.25, -0.2) is 4.79 Å². The molecule has 2 N–H and O–H groups in total. The van der Waals surface area contributed by atoms with Crippen molar-refractivity contribution in [3.05, 3.63) is 53.6 Å². The minimum Gasteiger partial charge on any atom is -0.497 e. The summed E-state index contributed by atoms with van der Waals surface area (Å²) < 4.78 is 15.0. The lowest BCUT2D eigenvalue weighted by Gasteiger charge is -2.15. The van der Waals surface area contributed by atoms with Gasteiger partial charge in [0.05, 0.1) is 33.0 Å². The van der Waals surface area contributed by atoms with Gasteiger partial charge in [0.1, 0.15) is 11.5 Å². The first-order valence-electron chi connectivity index (χ1n) is 8.36. The van der Waals surface area contributed by atoms with Gasteiger partial charge < -0.3 is 24.6 Å². The summed E-state index contributed by atoms with van der Waals surface area (Å²) in [6, 6.07) is 11.5. The smallest absolute Gasteiger partial charge is 0.337 e. The number of benzene rings is 2. The lowest BCUT2D eigenvalue weighted by molar-refractivity contribution is -0.116. The third-order valence-corrected chi connectivity index (χ3v) is 4.03. The molecular weight excluding hydrogens is 350 g/mol. The van der Waals surface area contributed by atoms with E-state index in [0.717, 1.165) is 0 Å². The highest BCUT2D eigenvalue weighted by atomic mass is 16.5. The molecule has 0 heterocycles. The molecule has 7 heteroatoms. The number of aliphatic hydroxyl groups is 1. The normalized spacial score (nSPS) is 11.4. The molecule has 2 aromatic carbocycles. The van der Waals surface area contributed by atoms with Gasteiger partial charge in [0.25, 0.3) is 0 Å². The van der Waals surface area contributed by atoms with Gasteiger partial charge in [-0.3, -0.25) is 4.79 Å². The minimum absolute atomic E-state index is 0.120. The van der Waals surface area contributed by atoms with Crippen LogP contribution in [0.4, 0.5) is 5.69 Å². The van der Waals surface area contributed by atoms with E-state index in [-0.39, 0.29) is 18.7 Å². The van der Waals surface area contributed by atoms with Crippen molar-refractivity contribution in [1.29, 1.82) is 0 Å². The highest BCUT2D eigenvalue weighted by Crippen LogP contribution is 2.31. The molecule has 0 saturated heterocycles. The Kier molecular flexibility index (Phi) is 7.19. The highest BCUT2D eigenvalue weighted by molar-refractivity contribution is 5.93. The average molecular weight is 373 g/mol. The van der Waals surface area contributed by atoms with Crippen LogP contribution in [0.5, 0.6) is 11.5 Å². The van der Waals surface area contributed by atoms with Crippen molar-refractivity contribution in [1.82, 2.24) is 0 Å². The van der Waals surface area contributed by atoms with Crippen LogP contribution >= 0.6 is 0 Å². The molecule has 144 valence electrons. The SMILES string of the molecule is COC(=O)c1ccc(NC(=O)CCC(O)c2ccc(OC)cc2OC)cc1. The Hall–Kier alpha value is -3.06. The van der Waals surface area contributed by atoms with Crippen LogP contribution in [-0.4, -0.2) is 38.3 Å². The van der Waals surface area contributed by atoms with E-state index in [4.69, 9.17) is 9.47 Å². The molecular formula is C20H23NO6. The van der Waals surface area contributed by atoms with Crippen LogP contribution in [0.1, 0.15) is 34.9 Å². The van der Waals surface area contributed by atoms with Crippen molar-refractivity contribution in [2.24, 2.45) is 0 Å². The monoisotopic (exact) mass is 373 g/mol. The van der Waals surface area contributed by atoms with Gasteiger partial charge in [-0.15, -0.1) is 0 Å². The zero-order valence-corrected chi connectivity index (χ0v) is 15.5. The average Bonchev–Trinajstić information content (AvgIpc) is 2.71. The number of ether oxygens (including phenoxy) is 3. The number of rotatable bonds is 8. The van der Waals surface area contributed by atoms with E-state index in [1.165, 1.54) is 14.2 Å². The Morgan fingerprint density at radius 2 is 1.74 bits per heavy atom. The standard InChI is InChI=1S/C20H23NO6/c1-25-15-8-9-16(18(12-15)26-2)17(22)10-11-19(23)21-14-6-4-13(5-7-14)20(24)27-3/h4-9,12,17,22H,10-11H2,1-3H3,(H,21,23). The summed E-state index contributed by atoms with van der Waals surface area (Å²) in [5.41, 5.74) is 1.55. The summed E-state index contributed by atoms with van der Waals surface area (Å²) in [5.74, 6) is 0.438. The molecule has 27 heavy (non-hydrogen) atoms. The molecule has 0 aliphatic rings. The minimum atomic E-state index is -0.849. The fourth-order valence-electron chi connectivity index (χ4n) is 2.55. The van der Waals surface area contributed by atoms with Crippen molar-refractivity contribution in [3.8, 4) is 11.5 Å². The Morgan fingerprint density at radius 3 is 2.33 bits per heavy atom. The van der Waals surface area contributed by atoms with Gasteiger partial charge in [0.15, 0.2) is 0 Å². The number of anilines is 1. The number of methoxy groups -OCH3 is 3. The fraction of sp³-hybridized carbons (Fsp3) is 0.300. The van der Waals surface area contributed by atoms with E-state index in [1.807, 2.05) is 0 Å². The van der Waals surface area contributed by atoms with Gasteiger partial charge in [-0.2, -0.15) is 0 Å². The third kappa shape index (κ3) is 5.46. The first kappa shape index (κ1) is 20.3. The maximum Gasteiger partial charge on any atom is 0.337 e. The number of carbonyl (C=O) groups is 2. The van der Waals surface area contributed by atoms with E-state index in [0.29, 0.717) is 28.3 Å². The second-order valence-corrected chi connectivity index (χ2v) is 5.78. The van der Waals surface area contributed by atoms with Crippen molar-refractivity contribution in [2.45, 2.75) is 18.9 Å². The molecule has 7 nitrogen and oxygen atoms in total. The van der Waals surface area contributed by atoms with E-state index in [1.54, 1.807) is 49.6 Å². The van der Waals surface area contributed by atoms with E-state index >= 15 is 0 Å². The maximum atomic E-state index is 12.1. The van der Waals surface area contributed by atoms with Crippen LogP contribution < -0.4 is 14.8 Å². The molecule has 0 aromatic heterocycles. The van der Waals surface area contributed by atoms with Crippen LogP contribution in [0.3, 0.4) is 0 Å². The predicted molar refractivity (Wildman–Crippen MR) is 100 cm³/mol. The van der Waals surface area contributed by atoms with Crippen molar-refractivity contribution in [3.63, 3.8) is 0 Å². The van der Waals surface area contributed by atoms with Crippen LogP contribution in [-0.2, 0) is 9.53 Å². The molecule has 0 spiro atoms. The van der Waals surface area contributed by atoms with Crippen molar-refractivity contribution >= 4 is 17.6 Å². The van der Waals surface area contributed by atoms with Gasteiger partial charge in [-0.05, 0) is 42.8 Å². The van der Waals surface area contributed by atoms with Gasteiger partial charge in [0.2, 0.25) is 5.91 Å². The van der Waals surface area contributed by atoms with Crippen LogP contribution in [0.2, 0.25) is 0 Å². The quantitative estimate of drug-likeness (QED) is 0.691. The first-order chi connectivity index (χ1) is 13.0. The van der Waals surface area contributed by atoms with Crippen LogP contribution in [0.15, 0.2) is 42.5 Å². The second-order valence-electron chi connectivity index (χ2n) is 5.78. The zero-order chi connectivity index (χ0) is 19.8. The summed E-state index contributed by atoms with van der Waals surface area (Å²) in [7, 11) is 4.36. The topological polar surface area (TPSA) is 94.1 Å². The number of esters is 1.